The summed E-state index contributed by atoms with van der Waals surface area (Å²) >= 11 is 0. The van der Waals surface area contributed by atoms with E-state index in [9.17, 15) is 4.79 Å². The smallest absolute Gasteiger partial charge is 0.306 e. The summed E-state index contributed by atoms with van der Waals surface area (Å²) in [5.74, 6) is 2.60. The minimum Gasteiger partial charge on any atom is -0.463 e. The number of ether oxygens (including phenoxy) is 2. The van der Waals surface area contributed by atoms with Crippen molar-refractivity contribution in [3.63, 3.8) is 0 Å². The van der Waals surface area contributed by atoms with E-state index in [2.05, 4.69) is 20.8 Å². The molecule has 0 N–H and O–H groups in total. The summed E-state index contributed by atoms with van der Waals surface area (Å²) in [4.78, 5) is 11.7. The summed E-state index contributed by atoms with van der Waals surface area (Å²) in [6.45, 7) is 8.11. The van der Waals surface area contributed by atoms with Crippen LogP contribution in [0.2, 0.25) is 0 Å². The van der Waals surface area contributed by atoms with Crippen LogP contribution >= 0.6 is 0 Å². The average Bonchev–Trinajstić information content (AvgIpc) is 3.11. The molecule has 17 heavy (non-hydrogen) atoms. The summed E-state index contributed by atoms with van der Waals surface area (Å²) < 4.78 is 10.2. The lowest BCUT2D eigenvalue weighted by Gasteiger charge is -2.38. The van der Waals surface area contributed by atoms with Crippen molar-refractivity contribution in [3.8, 4) is 0 Å². The molecule has 0 aromatic rings. The van der Waals surface area contributed by atoms with Crippen LogP contribution in [0.15, 0.2) is 0 Å². The first kappa shape index (κ1) is 12.9. The number of hydrogen-bond acceptors (Lipinski definition) is 3. The van der Waals surface area contributed by atoms with Crippen LogP contribution in [-0.4, -0.2) is 25.3 Å². The predicted octanol–water partition coefficient (Wildman–Crippen LogP) is 2.64. The Kier molecular flexibility index (Phi) is 4.08. The molecule has 1 heterocycles. The number of carbonyl (C=O) groups excluding carboxylic acids is 1. The maximum absolute atomic E-state index is 11.7. The van der Waals surface area contributed by atoms with Gasteiger partial charge in [0.15, 0.2) is 0 Å². The Labute approximate surface area is 104 Å². The van der Waals surface area contributed by atoms with Gasteiger partial charge in [0.1, 0.15) is 12.7 Å². The van der Waals surface area contributed by atoms with Crippen molar-refractivity contribution >= 4 is 5.97 Å². The van der Waals surface area contributed by atoms with E-state index in [1.165, 1.54) is 12.8 Å². The molecule has 1 aliphatic heterocycles. The topological polar surface area (TPSA) is 38.8 Å². The average molecular weight is 240 g/mol. The van der Waals surface area contributed by atoms with E-state index < -0.39 is 0 Å². The molecule has 5 atom stereocenters. The number of rotatable bonds is 4. The summed E-state index contributed by atoms with van der Waals surface area (Å²) in [6, 6.07) is 0. The number of hydrogen-bond donors (Lipinski definition) is 0. The van der Waals surface area contributed by atoms with E-state index in [-0.39, 0.29) is 12.1 Å². The molecule has 0 bridgehead atoms. The Hall–Kier alpha value is -0.570. The zero-order chi connectivity index (χ0) is 12.4. The van der Waals surface area contributed by atoms with Gasteiger partial charge in [0, 0.05) is 6.42 Å². The SMILES string of the molecule is CC1CCC(CC(=O)OCC2CO2)C(C)C1C. The van der Waals surface area contributed by atoms with Crippen LogP contribution in [0, 0.1) is 23.7 Å². The first-order chi connectivity index (χ1) is 8.08. The van der Waals surface area contributed by atoms with Gasteiger partial charge in [-0.2, -0.15) is 0 Å². The lowest BCUT2D eigenvalue weighted by molar-refractivity contribution is -0.146. The van der Waals surface area contributed by atoms with Gasteiger partial charge in [0.25, 0.3) is 0 Å². The van der Waals surface area contributed by atoms with E-state index >= 15 is 0 Å². The van der Waals surface area contributed by atoms with Crippen molar-refractivity contribution in [2.75, 3.05) is 13.2 Å². The first-order valence-electron chi connectivity index (χ1n) is 6.85. The van der Waals surface area contributed by atoms with E-state index in [0.29, 0.717) is 30.8 Å². The monoisotopic (exact) mass is 240 g/mol. The highest BCUT2D eigenvalue weighted by atomic mass is 16.6. The Morgan fingerprint density at radius 2 is 1.94 bits per heavy atom. The molecule has 1 aliphatic carbocycles. The Balaban J connectivity index is 1.75. The van der Waals surface area contributed by atoms with Gasteiger partial charge in [0.2, 0.25) is 0 Å². The zero-order valence-corrected chi connectivity index (χ0v) is 11.1. The van der Waals surface area contributed by atoms with Crippen molar-refractivity contribution in [2.24, 2.45) is 23.7 Å². The number of carbonyl (C=O) groups is 1. The maximum atomic E-state index is 11.7. The summed E-state index contributed by atoms with van der Waals surface area (Å²) in [6.07, 6.45) is 3.18. The summed E-state index contributed by atoms with van der Waals surface area (Å²) in [5.41, 5.74) is 0. The molecule has 98 valence electrons. The van der Waals surface area contributed by atoms with Crippen LogP contribution in [0.4, 0.5) is 0 Å². The fourth-order valence-electron chi connectivity index (χ4n) is 2.86. The minimum absolute atomic E-state index is 0.0425. The largest absolute Gasteiger partial charge is 0.463 e. The van der Waals surface area contributed by atoms with Crippen molar-refractivity contribution < 1.29 is 14.3 Å². The van der Waals surface area contributed by atoms with Crippen molar-refractivity contribution in [3.05, 3.63) is 0 Å². The van der Waals surface area contributed by atoms with Gasteiger partial charge >= 0.3 is 5.97 Å². The molecule has 2 fully saturated rings. The third kappa shape index (κ3) is 3.44. The highest BCUT2D eigenvalue weighted by Crippen LogP contribution is 2.39. The van der Waals surface area contributed by atoms with Crippen LogP contribution < -0.4 is 0 Å². The van der Waals surface area contributed by atoms with Gasteiger partial charge in [-0.05, 0) is 30.1 Å². The molecule has 0 spiro atoms. The van der Waals surface area contributed by atoms with E-state index in [4.69, 9.17) is 9.47 Å². The molecule has 1 saturated heterocycles. The van der Waals surface area contributed by atoms with Crippen molar-refractivity contribution in [2.45, 2.75) is 46.1 Å². The van der Waals surface area contributed by atoms with Gasteiger partial charge in [0.05, 0.1) is 6.61 Å². The fourth-order valence-corrected chi connectivity index (χ4v) is 2.86. The molecule has 0 aromatic carbocycles. The maximum Gasteiger partial charge on any atom is 0.306 e. The predicted molar refractivity (Wildman–Crippen MR) is 65.5 cm³/mol. The molecule has 3 heteroatoms. The third-order valence-electron chi connectivity index (χ3n) is 4.72. The van der Waals surface area contributed by atoms with Crippen LogP contribution in [-0.2, 0) is 14.3 Å². The number of esters is 1. The molecule has 1 saturated carbocycles. The highest BCUT2D eigenvalue weighted by molar-refractivity contribution is 5.69. The molecule has 3 nitrogen and oxygen atoms in total. The van der Waals surface area contributed by atoms with Crippen molar-refractivity contribution in [1.82, 2.24) is 0 Å². The van der Waals surface area contributed by atoms with Crippen LogP contribution in [0.3, 0.4) is 0 Å². The normalized spacial score (nSPS) is 41.0. The molecular formula is C14H24O3. The highest BCUT2D eigenvalue weighted by Gasteiger charge is 2.33. The Bertz CT molecular complexity index is 273. The molecular weight excluding hydrogens is 216 g/mol. The summed E-state index contributed by atoms with van der Waals surface area (Å²) in [7, 11) is 0. The van der Waals surface area contributed by atoms with Crippen LogP contribution in [0.25, 0.3) is 0 Å². The molecule has 0 radical (unpaired) electrons. The van der Waals surface area contributed by atoms with E-state index in [1.807, 2.05) is 0 Å². The molecule has 0 aromatic heterocycles. The van der Waals surface area contributed by atoms with E-state index in [1.54, 1.807) is 0 Å². The third-order valence-corrected chi connectivity index (χ3v) is 4.72. The van der Waals surface area contributed by atoms with Gasteiger partial charge in [-0.3, -0.25) is 4.79 Å². The minimum atomic E-state index is -0.0425. The van der Waals surface area contributed by atoms with Crippen molar-refractivity contribution in [1.29, 1.82) is 0 Å². The lowest BCUT2D eigenvalue weighted by Crippen LogP contribution is -2.31. The van der Waals surface area contributed by atoms with Crippen LogP contribution in [0.1, 0.15) is 40.0 Å². The molecule has 0 amide bonds. The quantitative estimate of drug-likeness (QED) is 0.560. The van der Waals surface area contributed by atoms with E-state index in [0.717, 1.165) is 12.5 Å². The van der Waals surface area contributed by atoms with Gasteiger partial charge < -0.3 is 9.47 Å². The summed E-state index contributed by atoms with van der Waals surface area (Å²) in [5, 5.41) is 0. The Morgan fingerprint density at radius 3 is 2.59 bits per heavy atom. The van der Waals surface area contributed by atoms with Gasteiger partial charge in [-0.1, -0.05) is 27.2 Å². The standard InChI is InChI=1S/C14H24O3/c1-9-4-5-12(11(3)10(9)2)6-14(15)17-8-13-7-16-13/h9-13H,4-8H2,1-3H3. The molecule has 2 rings (SSSR count). The zero-order valence-electron chi connectivity index (χ0n) is 11.1. The molecule has 2 aliphatic rings. The first-order valence-corrected chi connectivity index (χ1v) is 6.85. The fraction of sp³-hybridized carbons (Fsp3) is 0.929. The second-order valence-electron chi connectivity index (χ2n) is 5.88. The van der Waals surface area contributed by atoms with Crippen LogP contribution in [0.5, 0.6) is 0 Å². The van der Waals surface area contributed by atoms with Gasteiger partial charge in [-0.15, -0.1) is 0 Å². The second-order valence-corrected chi connectivity index (χ2v) is 5.88. The Morgan fingerprint density at radius 1 is 1.24 bits per heavy atom. The number of epoxide rings is 1. The molecule has 5 unspecified atom stereocenters. The van der Waals surface area contributed by atoms with Gasteiger partial charge in [-0.25, -0.2) is 0 Å². The second kappa shape index (κ2) is 5.38. The lowest BCUT2D eigenvalue weighted by atomic mass is 9.68.